The number of hydrogen-bond donors (Lipinski definition) is 0. The molecule has 0 spiro atoms. The maximum Gasteiger partial charge on any atom is 0.225 e. The van der Waals surface area contributed by atoms with E-state index in [2.05, 4.69) is 25.4 Å². The summed E-state index contributed by atoms with van der Waals surface area (Å²) in [6.45, 7) is 4.32. The van der Waals surface area contributed by atoms with E-state index in [1.165, 1.54) is 12.1 Å². The highest BCUT2D eigenvalue weighted by molar-refractivity contribution is 5.81. The van der Waals surface area contributed by atoms with Crippen LogP contribution in [0.1, 0.15) is 38.1 Å². The number of carbonyl (C=O) groups excluding carboxylic acids is 1. The molecule has 0 saturated carbocycles. The van der Waals surface area contributed by atoms with Crippen molar-refractivity contribution >= 4 is 16.9 Å². The third kappa shape index (κ3) is 4.62. The third-order valence-corrected chi connectivity index (χ3v) is 7.85. The second kappa shape index (κ2) is 10.0. The van der Waals surface area contributed by atoms with Crippen LogP contribution >= 0.6 is 0 Å². The number of likely N-dealkylation sites (tertiary alicyclic amines) is 2. The Hall–Kier alpha value is -3.26. The summed E-state index contributed by atoms with van der Waals surface area (Å²) in [6, 6.07) is 10.7. The highest BCUT2D eigenvalue weighted by atomic mass is 19.1. The fourth-order valence-corrected chi connectivity index (χ4v) is 5.92. The lowest BCUT2D eigenvalue weighted by atomic mass is 9.93. The van der Waals surface area contributed by atoms with Gasteiger partial charge in [-0.1, -0.05) is 6.07 Å². The van der Waals surface area contributed by atoms with E-state index in [-0.39, 0.29) is 23.9 Å². The lowest BCUT2D eigenvalue weighted by Crippen LogP contribution is -2.46. The molecule has 3 aliphatic rings. The monoisotopic (exact) mass is 489 g/mol. The summed E-state index contributed by atoms with van der Waals surface area (Å²) in [6.07, 6.45) is 10.4. The van der Waals surface area contributed by atoms with E-state index in [0.29, 0.717) is 11.4 Å². The number of benzene rings is 1. The number of imidazole rings is 1. The van der Waals surface area contributed by atoms with Crippen LogP contribution in [-0.4, -0.2) is 69.1 Å². The predicted octanol–water partition coefficient (Wildman–Crippen LogP) is 4.42. The van der Waals surface area contributed by atoms with Gasteiger partial charge in [-0.15, -0.1) is 0 Å². The van der Waals surface area contributed by atoms with E-state index >= 15 is 0 Å². The zero-order chi connectivity index (χ0) is 24.5. The number of ether oxygens (including phenoxy) is 1. The number of rotatable bonds is 5. The fourth-order valence-electron chi connectivity index (χ4n) is 5.92. The van der Waals surface area contributed by atoms with Gasteiger partial charge < -0.3 is 14.2 Å². The summed E-state index contributed by atoms with van der Waals surface area (Å²) in [5.41, 5.74) is 2.33. The van der Waals surface area contributed by atoms with Gasteiger partial charge in [0.05, 0.1) is 17.3 Å². The first-order valence-corrected chi connectivity index (χ1v) is 13.1. The number of pyridine rings is 1. The Morgan fingerprint density at radius 2 is 1.89 bits per heavy atom. The van der Waals surface area contributed by atoms with Gasteiger partial charge in [0.2, 0.25) is 5.91 Å². The quantitative estimate of drug-likeness (QED) is 0.531. The maximum atomic E-state index is 13.9. The number of amides is 1. The molecule has 2 saturated heterocycles. The van der Waals surface area contributed by atoms with E-state index in [1.54, 1.807) is 12.5 Å². The van der Waals surface area contributed by atoms with Crippen molar-refractivity contribution in [2.45, 2.75) is 44.2 Å². The van der Waals surface area contributed by atoms with Crippen molar-refractivity contribution in [2.24, 2.45) is 5.92 Å². The molecular weight excluding hydrogens is 457 g/mol. The van der Waals surface area contributed by atoms with Crippen LogP contribution in [0.3, 0.4) is 0 Å². The zero-order valence-electron chi connectivity index (χ0n) is 20.4. The molecular formula is C28H32FN5O2. The zero-order valence-corrected chi connectivity index (χ0v) is 20.4. The van der Waals surface area contributed by atoms with Crippen LogP contribution < -0.4 is 0 Å². The summed E-state index contributed by atoms with van der Waals surface area (Å²) in [7, 11) is 0. The Kier molecular flexibility index (Phi) is 6.44. The minimum atomic E-state index is -0.293. The second-order valence-corrected chi connectivity index (χ2v) is 10.2. The lowest BCUT2D eigenvalue weighted by Gasteiger charge is -2.38. The van der Waals surface area contributed by atoms with Crippen LogP contribution in [0.2, 0.25) is 0 Å². The van der Waals surface area contributed by atoms with Crippen LogP contribution in [0.15, 0.2) is 54.9 Å². The fraction of sp³-hybridized carbons (Fsp3) is 0.464. The number of fused-ring (bicyclic) bond motifs is 1. The largest absolute Gasteiger partial charge is 0.497 e. The van der Waals surface area contributed by atoms with Gasteiger partial charge in [0.25, 0.3) is 0 Å². The van der Waals surface area contributed by atoms with Gasteiger partial charge in [0, 0.05) is 50.3 Å². The second-order valence-electron chi connectivity index (χ2n) is 10.2. The number of halogens is 1. The van der Waals surface area contributed by atoms with Crippen molar-refractivity contribution in [1.82, 2.24) is 24.3 Å². The maximum absolute atomic E-state index is 13.9. The topological polar surface area (TPSA) is 63.5 Å². The number of carbonyl (C=O) groups is 1. The van der Waals surface area contributed by atoms with E-state index < -0.39 is 0 Å². The van der Waals surface area contributed by atoms with Crippen LogP contribution in [0, 0.1) is 11.7 Å². The van der Waals surface area contributed by atoms with Crippen molar-refractivity contribution in [1.29, 1.82) is 0 Å². The van der Waals surface area contributed by atoms with Crippen LogP contribution in [0.5, 0.6) is 0 Å². The van der Waals surface area contributed by atoms with Crippen molar-refractivity contribution in [3.63, 3.8) is 0 Å². The summed E-state index contributed by atoms with van der Waals surface area (Å²) in [5, 5.41) is 0. The average Bonchev–Trinajstić information content (AvgIpc) is 3.57. The van der Waals surface area contributed by atoms with Crippen molar-refractivity contribution in [2.75, 3.05) is 32.7 Å². The highest BCUT2D eigenvalue weighted by Gasteiger charge is 2.33. The Morgan fingerprint density at radius 1 is 1.06 bits per heavy atom. The van der Waals surface area contributed by atoms with E-state index in [4.69, 9.17) is 9.72 Å². The van der Waals surface area contributed by atoms with Crippen molar-refractivity contribution in [3.05, 3.63) is 60.8 Å². The first kappa shape index (κ1) is 23.2. The molecule has 6 rings (SSSR count). The van der Waals surface area contributed by atoms with Crippen molar-refractivity contribution < 1.29 is 13.9 Å². The molecule has 2 fully saturated rings. The molecule has 1 unspecified atom stereocenters. The molecule has 1 aromatic carbocycles. The molecule has 36 heavy (non-hydrogen) atoms. The molecule has 3 aromatic rings. The standard InChI is InChI=1S/C28H32FN5O2/c29-21-6-7-26-25(18-21)31-27(24-5-1-2-12-30-24)34(26)22-10-15-33(16-11-22)28(35)20-8-13-32(14-9-20)19-23-4-3-17-36-23/h1-3,5-7,12,17-18,20,22-23H,4,8-11,13-16,19H2. The molecule has 188 valence electrons. The van der Waals surface area contributed by atoms with Crippen LogP contribution in [0.25, 0.3) is 22.6 Å². The van der Waals surface area contributed by atoms with Gasteiger partial charge in [0.15, 0.2) is 5.82 Å². The lowest BCUT2D eigenvalue weighted by molar-refractivity contribution is -0.138. The van der Waals surface area contributed by atoms with Gasteiger partial charge >= 0.3 is 0 Å². The van der Waals surface area contributed by atoms with Gasteiger partial charge in [-0.05, 0) is 69.1 Å². The molecule has 0 radical (unpaired) electrons. The Morgan fingerprint density at radius 3 is 2.61 bits per heavy atom. The number of nitrogens with zero attached hydrogens (tertiary/aromatic N) is 5. The SMILES string of the molecule is O=C(C1CCN(CC2CC=CO2)CC1)N1CCC(n2c(-c3ccccn3)nc3cc(F)ccc32)CC1. The number of piperidine rings is 2. The molecule has 7 nitrogen and oxygen atoms in total. The van der Waals surface area contributed by atoms with Gasteiger partial charge in [0.1, 0.15) is 17.6 Å². The molecule has 5 heterocycles. The highest BCUT2D eigenvalue weighted by Crippen LogP contribution is 2.34. The number of hydrogen-bond acceptors (Lipinski definition) is 5. The summed E-state index contributed by atoms with van der Waals surface area (Å²) >= 11 is 0. The van der Waals surface area contributed by atoms with Gasteiger partial charge in [-0.3, -0.25) is 14.7 Å². The minimum Gasteiger partial charge on any atom is -0.497 e. The van der Waals surface area contributed by atoms with Crippen LogP contribution in [0.4, 0.5) is 4.39 Å². The smallest absolute Gasteiger partial charge is 0.225 e. The third-order valence-electron chi connectivity index (χ3n) is 7.85. The van der Waals surface area contributed by atoms with Gasteiger partial charge in [-0.2, -0.15) is 0 Å². The Bertz CT molecular complexity index is 1240. The van der Waals surface area contributed by atoms with E-state index in [9.17, 15) is 9.18 Å². The van der Waals surface area contributed by atoms with Gasteiger partial charge in [-0.25, -0.2) is 9.37 Å². The Balaban J connectivity index is 1.12. The first-order valence-electron chi connectivity index (χ1n) is 13.1. The molecule has 2 aromatic heterocycles. The minimum absolute atomic E-state index is 0.113. The summed E-state index contributed by atoms with van der Waals surface area (Å²) in [4.78, 5) is 27.1. The van der Waals surface area contributed by atoms with Crippen LogP contribution in [-0.2, 0) is 9.53 Å². The molecule has 1 amide bonds. The number of aromatic nitrogens is 3. The molecule has 0 aliphatic carbocycles. The first-order chi connectivity index (χ1) is 17.7. The average molecular weight is 490 g/mol. The summed E-state index contributed by atoms with van der Waals surface area (Å²) < 4.78 is 21.8. The normalized spacial score (nSPS) is 21.8. The molecule has 0 bridgehead atoms. The summed E-state index contributed by atoms with van der Waals surface area (Å²) in [5.74, 6) is 0.879. The molecule has 3 aliphatic heterocycles. The molecule has 8 heteroatoms. The van der Waals surface area contributed by atoms with E-state index in [0.717, 1.165) is 81.9 Å². The molecule has 1 atom stereocenters. The van der Waals surface area contributed by atoms with E-state index in [1.807, 2.05) is 24.3 Å². The Labute approximate surface area is 210 Å². The molecule has 0 N–H and O–H groups in total. The van der Waals surface area contributed by atoms with Crippen molar-refractivity contribution in [3.8, 4) is 11.5 Å². The predicted molar refractivity (Wildman–Crippen MR) is 136 cm³/mol.